The van der Waals surface area contributed by atoms with Crippen molar-refractivity contribution in [2.24, 2.45) is 0 Å². The van der Waals surface area contributed by atoms with Crippen molar-refractivity contribution in [3.8, 4) is 0 Å². The van der Waals surface area contributed by atoms with E-state index < -0.39 is 0 Å². The normalized spacial score (nSPS) is 11.0. The van der Waals surface area contributed by atoms with Crippen molar-refractivity contribution in [1.82, 2.24) is 9.97 Å². The molecule has 0 aliphatic heterocycles. The van der Waals surface area contributed by atoms with Crippen LogP contribution in [0.2, 0.25) is 0 Å². The molecule has 0 spiro atoms. The van der Waals surface area contributed by atoms with Crippen molar-refractivity contribution in [1.29, 1.82) is 0 Å². The molecule has 2 heterocycles. The Hall–Kier alpha value is -12.5. The minimum atomic E-state index is 0.951. The molecule has 0 unspecified atom stereocenters. The largest absolute Gasteiger partial charge is 0.311 e. The summed E-state index contributed by atoms with van der Waals surface area (Å²) in [7, 11) is 0. The minimum Gasteiger partial charge on any atom is -0.311 e. The van der Waals surface area contributed by atoms with Gasteiger partial charge >= 0.3 is 0 Å². The van der Waals surface area contributed by atoms with E-state index in [1.807, 2.05) is 24.5 Å². The molecular weight excluding hydrogens is 1120 g/mol. The van der Waals surface area contributed by atoms with Crippen LogP contribution in [0.4, 0.5) is 102 Å². The number of hydrogen-bond donors (Lipinski definition) is 0. The highest BCUT2D eigenvalue weighted by molar-refractivity contribution is 5.99. The quantitative estimate of drug-likeness (QED) is 0.0842. The summed E-state index contributed by atoms with van der Waals surface area (Å²) in [4.78, 5) is 23.3. The molecule has 0 saturated carbocycles. The molecule has 0 aliphatic rings. The fourth-order valence-electron chi connectivity index (χ4n) is 12.4. The molecule has 0 radical (unpaired) electrons. The lowest BCUT2D eigenvalue weighted by atomic mass is 10.1. The van der Waals surface area contributed by atoms with Crippen LogP contribution in [-0.2, 0) is 0 Å². The van der Waals surface area contributed by atoms with E-state index in [2.05, 4.69) is 381 Å². The average Bonchev–Trinajstić information content (AvgIpc) is 1.05. The van der Waals surface area contributed by atoms with Gasteiger partial charge in [-0.05, 0) is 243 Å². The molecule has 0 N–H and O–H groups in total. The van der Waals surface area contributed by atoms with E-state index in [9.17, 15) is 0 Å². The zero-order valence-corrected chi connectivity index (χ0v) is 50.4. The fraction of sp³-hybridized carbons (Fsp3) is 0. The van der Waals surface area contributed by atoms with Crippen LogP contribution >= 0.6 is 0 Å². The van der Waals surface area contributed by atoms with Crippen LogP contribution in [0.25, 0.3) is 21.8 Å². The molecular formula is C84H62N8. The molecule has 2 aromatic heterocycles. The number of nitrogens with zero attached hydrogens (tertiary/aromatic N) is 8. The molecule has 15 rings (SSSR count). The first-order chi connectivity index (χ1) is 45.7. The van der Waals surface area contributed by atoms with E-state index >= 15 is 0 Å². The first-order valence-electron chi connectivity index (χ1n) is 31.0. The van der Waals surface area contributed by atoms with Crippen molar-refractivity contribution in [2.45, 2.75) is 0 Å². The third-order valence-electron chi connectivity index (χ3n) is 16.6. The molecule has 0 atom stereocenters. The number of aromatic nitrogens is 2. The molecule has 0 amide bonds. The maximum absolute atomic E-state index is 4.70. The van der Waals surface area contributed by atoms with E-state index in [0.717, 1.165) is 124 Å². The molecule has 13 aromatic carbocycles. The summed E-state index contributed by atoms with van der Waals surface area (Å²) in [6, 6.07) is 129. The Kier molecular flexibility index (Phi) is 15.6. The van der Waals surface area contributed by atoms with Crippen LogP contribution in [0.5, 0.6) is 0 Å². The van der Waals surface area contributed by atoms with Crippen molar-refractivity contribution >= 4 is 124 Å². The Morgan fingerprint density at radius 1 is 0.141 bits per heavy atom. The van der Waals surface area contributed by atoms with Crippen LogP contribution in [0.1, 0.15) is 0 Å². The van der Waals surface area contributed by atoms with Crippen LogP contribution in [0, 0.1) is 0 Å². The van der Waals surface area contributed by atoms with Gasteiger partial charge in [-0.2, -0.15) is 0 Å². The highest BCUT2D eigenvalue weighted by Crippen LogP contribution is 2.46. The van der Waals surface area contributed by atoms with Gasteiger partial charge in [-0.1, -0.05) is 121 Å². The topological polar surface area (TPSA) is 45.2 Å². The van der Waals surface area contributed by atoms with Crippen LogP contribution < -0.4 is 29.4 Å². The number of hydrogen-bond acceptors (Lipinski definition) is 8. The van der Waals surface area contributed by atoms with Gasteiger partial charge in [-0.15, -0.1) is 0 Å². The van der Waals surface area contributed by atoms with Crippen molar-refractivity contribution in [2.75, 3.05) is 29.4 Å². The van der Waals surface area contributed by atoms with E-state index in [4.69, 9.17) is 9.97 Å². The molecule has 92 heavy (non-hydrogen) atoms. The van der Waals surface area contributed by atoms with Gasteiger partial charge in [0.2, 0.25) is 0 Å². The van der Waals surface area contributed by atoms with Crippen molar-refractivity contribution in [3.05, 3.63) is 376 Å². The maximum atomic E-state index is 4.70. The zero-order valence-electron chi connectivity index (χ0n) is 50.4. The summed E-state index contributed by atoms with van der Waals surface area (Å²) in [5, 5.41) is 2.17. The van der Waals surface area contributed by atoms with Gasteiger partial charge in [0.15, 0.2) is 0 Å². The Morgan fingerprint density at radius 3 is 0.543 bits per heavy atom. The number of rotatable bonds is 18. The molecule has 0 aliphatic carbocycles. The predicted octanol–water partition coefficient (Wildman–Crippen LogP) is 23.6. The van der Waals surface area contributed by atoms with E-state index in [1.165, 1.54) is 0 Å². The third-order valence-corrected chi connectivity index (χ3v) is 16.6. The number of pyridine rings is 2. The second kappa shape index (κ2) is 25.7. The molecule has 0 fully saturated rings. The van der Waals surface area contributed by atoms with Crippen molar-refractivity contribution in [3.63, 3.8) is 0 Å². The highest BCUT2D eigenvalue weighted by atomic mass is 15.2. The monoisotopic (exact) mass is 1180 g/mol. The predicted molar refractivity (Wildman–Crippen MR) is 385 cm³/mol. The third kappa shape index (κ3) is 11.4. The Bertz CT molecular complexity index is 4570. The lowest BCUT2D eigenvalue weighted by Crippen LogP contribution is -2.14. The lowest BCUT2D eigenvalue weighted by molar-refractivity contribution is 1.24. The Labute approximate surface area is 536 Å². The fourth-order valence-corrected chi connectivity index (χ4v) is 12.4. The van der Waals surface area contributed by atoms with Gasteiger partial charge in [0, 0.05) is 114 Å². The standard InChI is InChI=1S/C84H62N8/c1-7-23-63(24-8-1)87(71-45-49-73(50-46-71)89(65-27-11-3-12-28-65)75-53-57-77(58-54-75)91(67-31-15-5-16-32-67)83-39-19-37-81-79(83)35-21-61-85-81)69-41-43-70(44-42-69)88(64-25-9-2-10-26-64)72-47-51-74(52-48-72)90(66-29-13-4-14-30-66)76-55-59-78(60-56-76)92(68-33-17-6-18-34-68)84-40-20-38-82-80(84)36-22-62-86-82/h1-62H. The number of para-hydroxylation sites is 6. The molecule has 8 nitrogen and oxygen atoms in total. The summed E-state index contributed by atoms with van der Waals surface area (Å²) in [5.41, 5.74) is 20.7. The van der Waals surface area contributed by atoms with Crippen LogP contribution in [0.3, 0.4) is 0 Å². The second-order valence-corrected chi connectivity index (χ2v) is 22.3. The summed E-state index contributed by atoms with van der Waals surface area (Å²) < 4.78 is 0. The van der Waals surface area contributed by atoms with Gasteiger partial charge in [0.1, 0.15) is 0 Å². The van der Waals surface area contributed by atoms with E-state index in [1.54, 1.807) is 0 Å². The molecule has 0 saturated heterocycles. The Balaban J connectivity index is 0.736. The van der Waals surface area contributed by atoms with Gasteiger partial charge < -0.3 is 29.4 Å². The van der Waals surface area contributed by atoms with Gasteiger partial charge in [0.05, 0.1) is 22.4 Å². The van der Waals surface area contributed by atoms with Crippen molar-refractivity contribution < 1.29 is 0 Å². The SMILES string of the molecule is c1ccc(N(c2ccc(N(c3ccccc3)c3ccc(N(c4ccccc4)c4ccc(N(c5ccccc5)c5cccc6ncccc56)cc4)cc3)cc2)c2ccc(N(c3ccccc3)c3ccc(N(c4ccccc4)c4cccc5ncccc45)cc3)cc2)cc1. The lowest BCUT2D eigenvalue weighted by Gasteiger charge is -2.30. The summed E-state index contributed by atoms with van der Waals surface area (Å²) >= 11 is 0. The van der Waals surface area contributed by atoms with Gasteiger partial charge in [-0.25, -0.2) is 0 Å². The van der Waals surface area contributed by atoms with Gasteiger partial charge in [-0.3, -0.25) is 9.97 Å². The molecule has 0 bridgehead atoms. The number of anilines is 18. The first kappa shape index (κ1) is 56.0. The first-order valence-corrected chi connectivity index (χ1v) is 31.0. The number of benzene rings is 13. The molecule has 438 valence electrons. The Morgan fingerprint density at radius 2 is 0.326 bits per heavy atom. The smallest absolute Gasteiger partial charge is 0.0723 e. The molecule has 15 aromatic rings. The second-order valence-electron chi connectivity index (χ2n) is 22.3. The number of fused-ring (bicyclic) bond motifs is 2. The van der Waals surface area contributed by atoms with E-state index in [-0.39, 0.29) is 0 Å². The van der Waals surface area contributed by atoms with Gasteiger partial charge in [0.25, 0.3) is 0 Å². The zero-order chi connectivity index (χ0) is 61.4. The maximum Gasteiger partial charge on any atom is 0.0723 e. The molecule has 8 heteroatoms. The summed E-state index contributed by atoms with van der Waals surface area (Å²) in [6.07, 6.45) is 3.70. The van der Waals surface area contributed by atoms with Crippen LogP contribution in [-0.4, -0.2) is 9.97 Å². The summed E-state index contributed by atoms with van der Waals surface area (Å²) in [6.45, 7) is 0. The van der Waals surface area contributed by atoms with Crippen LogP contribution in [0.15, 0.2) is 376 Å². The summed E-state index contributed by atoms with van der Waals surface area (Å²) in [5.74, 6) is 0. The van der Waals surface area contributed by atoms with E-state index in [0.29, 0.717) is 0 Å². The average molecular weight is 1180 g/mol. The minimum absolute atomic E-state index is 0.951. The highest BCUT2D eigenvalue weighted by Gasteiger charge is 2.23.